The van der Waals surface area contributed by atoms with E-state index in [0.717, 1.165) is 0 Å². The van der Waals surface area contributed by atoms with Gasteiger partial charge in [0, 0.05) is 42.9 Å². The maximum atomic E-state index is 2.66. The van der Waals surface area contributed by atoms with Crippen molar-refractivity contribution in [1.29, 1.82) is 0 Å². The van der Waals surface area contributed by atoms with Gasteiger partial charge in [-0.2, -0.15) is 0 Å². The molecule has 2 unspecified atom stereocenters. The van der Waals surface area contributed by atoms with Crippen LogP contribution in [0.5, 0.6) is 0 Å². The average molecular weight is 696 g/mol. The van der Waals surface area contributed by atoms with Gasteiger partial charge in [-0.05, 0) is 97.6 Å². The molecule has 0 saturated carbocycles. The molecule has 252 valence electrons. The Labute approximate surface area is 314 Å². The van der Waals surface area contributed by atoms with Crippen LogP contribution in [0.4, 0.5) is 11.4 Å². The summed E-state index contributed by atoms with van der Waals surface area (Å²) < 4.78 is 2.65. The van der Waals surface area contributed by atoms with Gasteiger partial charge in [0.05, 0.1) is 6.04 Å². The van der Waals surface area contributed by atoms with Crippen LogP contribution < -0.4 is 4.90 Å². The predicted molar refractivity (Wildman–Crippen MR) is 226 cm³/mol. The summed E-state index contributed by atoms with van der Waals surface area (Å²) in [6, 6.07) is 61.0. The fourth-order valence-electron chi connectivity index (χ4n) is 9.64. The van der Waals surface area contributed by atoms with E-state index in [1.165, 1.54) is 92.8 Å². The molecule has 0 N–H and O–H groups in total. The summed E-state index contributed by atoms with van der Waals surface area (Å²) in [6.07, 6.45) is 4.89. The quantitative estimate of drug-likeness (QED) is 0.177. The molecule has 1 aromatic heterocycles. The van der Waals surface area contributed by atoms with E-state index in [0.29, 0.717) is 5.92 Å². The number of hydrogen-bond donors (Lipinski definition) is 0. The zero-order valence-electron chi connectivity index (χ0n) is 29.8. The Balaban J connectivity index is 1.04. The topological polar surface area (TPSA) is 3.24 Å². The normalized spacial score (nSPS) is 18.0. The van der Waals surface area contributed by atoms with Crippen LogP contribution in [0, 0.1) is 0 Å². The number of nitrogens with zero attached hydrogens (tertiary/aromatic N) is 1. The summed E-state index contributed by atoms with van der Waals surface area (Å²) in [5.74, 6) is 0.300. The zero-order valence-corrected chi connectivity index (χ0v) is 30.6. The Bertz CT molecular complexity index is 2820. The highest BCUT2D eigenvalue weighted by Crippen LogP contribution is 2.59. The summed E-state index contributed by atoms with van der Waals surface area (Å²) in [7, 11) is 0. The summed E-state index contributed by atoms with van der Waals surface area (Å²) in [5, 5.41) is 2.66. The molecule has 0 bridgehead atoms. The molecule has 0 saturated heterocycles. The largest absolute Gasteiger partial charge is 0.333 e. The maximum absolute atomic E-state index is 2.66. The van der Waals surface area contributed by atoms with Crippen molar-refractivity contribution in [3.05, 3.63) is 198 Å². The fourth-order valence-corrected chi connectivity index (χ4v) is 10.8. The smallest absolute Gasteiger partial charge is 0.0673 e. The van der Waals surface area contributed by atoms with E-state index >= 15 is 0 Å². The van der Waals surface area contributed by atoms with E-state index in [1.54, 1.807) is 0 Å². The molecule has 2 aliphatic carbocycles. The number of para-hydroxylation sites is 1. The lowest BCUT2D eigenvalue weighted by atomic mass is 9.73. The van der Waals surface area contributed by atoms with Gasteiger partial charge < -0.3 is 4.90 Å². The minimum Gasteiger partial charge on any atom is -0.333 e. The van der Waals surface area contributed by atoms with Crippen molar-refractivity contribution in [1.82, 2.24) is 0 Å². The van der Waals surface area contributed by atoms with Crippen LogP contribution in [-0.2, 0) is 5.41 Å². The van der Waals surface area contributed by atoms with Crippen molar-refractivity contribution < 1.29 is 0 Å². The summed E-state index contributed by atoms with van der Waals surface area (Å²) in [6.45, 7) is 4.86. The summed E-state index contributed by atoms with van der Waals surface area (Å²) in [5.41, 5.74) is 17.1. The van der Waals surface area contributed by atoms with Crippen molar-refractivity contribution in [2.75, 3.05) is 4.90 Å². The average Bonchev–Trinajstić information content (AvgIpc) is 3.83. The SMILES string of the molecule is CC1(C)C2=C(C=CC3c4ccccc4N(c4ccc5sc6cccc(-c7cccc(-c8ccc(-c9ccccc9)cc8)c7)c6c5c4)C23)c2ccccc21. The molecule has 0 fully saturated rings. The molecule has 0 radical (unpaired) electrons. The third kappa shape index (κ3) is 4.55. The van der Waals surface area contributed by atoms with E-state index in [2.05, 4.69) is 195 Å². The second-order valence-corrected chi connectivity index (χ2v) is 16.3. The van der Waals surface area contributed by atoms with Gasteiger partial charge in [0.1, 0.15) is 0 Å². The first kappa shape index (κ1) is 30.6. The molecule has 8 aromatic rings. The van der Waals surface area contributed by atoms with Crippen molar-refractivity contribution in [3.8, 4) is 33.4 Å². The summed E-state index contributed by atoms with van der Waals surface area (Å²) >= 11 is 1.90. The minimum atomic E-state index is -0.0703. The number of thiophene rings is 1. The molecular weight excluding hydrogens is 659 g/mol. The van der Waals surface area contributed by atoms with Gasteiger partial charge in [-0.25, -0.2) is 0 Å². The Morgan fingerprint density at radius 3 is 2.09 bits per heavy atom. The molecule has 11 rings (SSSR count). The number of hydrogen-bond acceptors (Lipinski definition) is 2. The fraction of sp³-hybridized carbons (Fsp3) is 0.0980. The van der Waals surface area contributed by atoms with Crippen molar-refractivity contribution in [2.24, 2.45) is 0 Å². The van der Waals surface area contributed by atoms with Gasteiger partial charge >= 0.3 is 0 Å². The number of rotatable bonds is 4. The highest BCUT2D eigenvalue weighted by Gasteiger charge is 2.50. The molecule has 2 heterocycles. The minimum absolute atomic E-state index is 0.0703. The van der Waals surface area contributed by atoms with Gasteiger partial charge in [0.15, 0.2) is 0 Å². The van der Waals surface area contributed by atoms with Gasteiger partial charge in [-0.3, -0.25) is 0 Å². The molecule has 1 nitrogen and oxygen atoms in total. The van der Waals surface area contributed by atoms with E-state index in [1.807, 2.05) is 11.3 Å². The monoisotopic (exact) mass is 695 g/mol. The van der Waals surface area contributed by atoms with Gasteiger partial charge in [0.25, 0.3) is 0 Å². The molecule has 0 spiro atoms. The van der Waals surface area contributed by atoms with Crippen LogP contribution in [-0.4, -0.2) is 6.04 Å². The van der Waals surface area contributed by atoms with Crippen molar-refractivity contribution in [3.63, 3.8) is 0 Å². The third-order valence-corrected chi connectivity index (χ3v) is 13.2. The number of fused-ring (bicyclic) bond motifs is 9. The van der Waals surface area contributed by atoms with Crippen molar-refractivity contribution in [2.45, 2.75) is 31.2 Å². The second kappa shape index (κ2) is 11.5. The van der Waals surface area contributed by atoms with E-state index in [-0.39, 0.29) is 11.5 Å². The molecule has 53 heavy (non-hydrogen) atoms. The van der Waals surface area contributed by atoms with Crippen molar-refractivity contribution >= 4 is 48.5 Å². The lowest BCUT2D eigenvalue weighted by molar-refractivity contribution is 0.552. The maximum Gasteiger partial charge on any atom is 0.0673 e. The van der Waals surface area contributed by atoms with Gasteiger partial charge in [-0.1, -0.05) is 153 Å². The number of benzene rings is 7. The third-order valence-electron chi connectivity index (χ3n) is 12.0. The standard InChI is InChI=1S/C51H37NS/c1-51(2)44-19-8-6-16-39(44)41-27-28-42-40-17-7-9-20-45(40)52(50(42)49(41)51)37-26-29-46-43(31-37)48-38(18-11-21-47(48)53-46)36-15-10-14-35(30-36)34-24-22-33(23-25-34)32-12-4-3-5-13-32/h3-31,42,50H,1-2H3. The molecule has 7 aromatic carbocycles. The van der Waals surface area contributed by atoms with Gasteiger partial charge in [-0.15, -0.1) is 11.3 Å². The molecule has 2 atom stereocenters. The van der Waals surface area contributed by atoms with E-state index in [9.17, 15) is 0 Å². The van der Waals surface area contributed by atoms with E-state index in [4.69, 9.17) is 0 Å². The first-order chi connectivity index (χ1) is 26.0. The Hall–Kier alpha value is -5.96. The zero-order chi connectivity index (χ0) is 35.3. The number of allylic oxidation sites excluding steroid dienone is 2. The Morgan fingerprint density at radius 2 is 1.23 bits per heavy atom. The highest BCUT2D eigenvalue weighted by molar-refractivity contribution is 7.26. The van der Waals surface area contributed by atoms with Crippen LogP contribution in [0.3, 0.4) is 0 Å². The molecule has 0 amide bonds. The van der Waals surface area contributed by atoms with Crippen LogP contribution in [0.15, 0.2) is 182 Å². The highest BCUT2D eigenvalue weighted by atomic mass is 32.1. The number of anilines is 2. The Morgan fingerprint density at radius 1 is 0.547 bits per heavy atom. The molecule has 2 heteroatoms. The second-order valence-electron chi connectivity index (χ2n) is 15.2. The van der Waals surface area contributed by atoms with Crippen LogP contribution >= 0.6 is 11.3 Å². The summed E-state index contributed by atoms with van der Waals surface area (Å²) in [4.78, 5) is 2.66. The van der Waals surface area contributed by atoms with Crippen LogP contribution in [0.1, 0.15) is 36.5 Å². The van der Waals surface area contributed by atoms with Gasteiger partial charge in [0.2, 0.25) is 0 Å². The Kier molecular flexibility index (Phi) is 6.66. The van der Waals surface area contributed by atoms with E-state index < -0.39 is 0 Å². The lowest BCUT2D eigenvalue weighted by Gasteiger charge is -2.39. The molecular formula is C51H37NS. The lowest BCUT2D eigenvalue weighted by Crippen LogP contribution is -2.38. The predicted octanol–water partition coefficient (Wildman–Crippen LogP) is 14.0. The molecule has 3 aliphatic rings. The molecule has 1 aliphatic heterocycles. The van der Waals surface area contributed by atoms with Crippen LogP contribution in [0.2, 0.25) is 0 Å². The van der Waals surface area contributed by atoms with Crippen LogP contribution in [0.25, 0.3) is 59.1 Å². The first-order valence-electron chi connectivity index (χ1n) is 18.7. The first-order valence-corrected chi connectivity index (χ1v) is 19.5.